The Hall–Kier alpha value is -1.03. The predicted molar refractivity (Wildman–Crippen MR) is 57.4 cm³/mol. The Morgan fingerprint density at radius 2 is 2.00 bits per heavy atom. The Labute approximate surface area is 91.1 Å². The van der Waals surface area contributed by atoms with Gasteiger partial charge in [0.1, 0.15) is 0 Å². The number of halogens is 1. The molecule has 0 aliphatic carbocycles. The molecule has 0 aliphatic rings. The van der Waals surface area contributed by atoms with Gasteiger partial charge in [0.15, 0.2) is 17.8 Å². The normalized spacial score (nSPS) is 9.71. The van der Waals surface area contributed by atoms with Gasteiger partial charge in [0.2, 0.25) is 0 Å². The van der Waals surface area contributed by atoms with E-state index in [0.29, 0.717) is 21.5 Å². The molecule has 0 radical (unpaired) electrons. The molecule has 0 unspecified atom stereocenters. The van der Waals surface area contributed by atoms with E-state index in [1.165, 1.54) is 0 Å². The first-order valence-electron chi connectivity index (χ1n) is 4.02. The highest BCUT2D eigenvalue weighted by Gasteiger charge is 2.14. The lowest BCUT2D eigenvalue weighted by molar-refractivity contribution is 0.112. The smallest absolute Gasteiger partial charge is 0.164 e. The van der Waals surface area contributed by atoms with Gasteiger partial charge in [-0.05, 0) is 28.9 Å². The van der Waals surface area contributed by atoms with Crippen LogP contribution in [0.2, 0.25) is 0 Å². The Kier molecular flexibility index (Phi) is 3.52. The Morgan fingerprint density at radius 3 is 2.43 bits per heavy atom. The van der Waals surface area contributed by atoms with E-state index in [9.17, 15) is 4.79 Å². The van der Waals surface area contributed by atoms with Crippen molar-refractivity contribution in [1.29, 1.82) is 0 Å². The summed E-state index contributed by atoms with van der Waals surface area (Å²) >= 11 is 3.30. The first-order valence-corrected chi connectivity index (χ1v) is 4.81. The number of methoxy groups -OCH3 is 2. The minimum atomic E-state index is 0.586. The SMILES string of the molecule is COc1cc(Br)c(C=O)c(C)c1OC. The van der Waals surface area contributed by atoms with Crippen LogP contribution in [-0.4, -0.2) is 20.5 Å². The largest absolute Gasteiger partial charge is 0.493 e. The Bertz CT molecular complexity index is 361. The lowest BCUT2D eigenvalue weighted by Gasteiger charge is -2.13. The molecule has 0 atom stereocenters. The van der Waals surface area contributed by atoms with E-state index in [4.69, 9.17) is 9.47 Å². The quantitative estimate of drug-likeness (QED) is 0.782. The Balaban J connectivity index is 3.46. The van der Waals surface area contributed by atoms with E-state index in [1.54, 1.807) is 20.3 Å². The van der Waals surface area contributed by atoms with Gasteiger partial charge in [0.05, 0.1) is 14.2 Å². The van der Waals surface area contributed by atoms with Crippen LogP contribution in [0.15, 0.2) is 10.5 Å². The molecule has 1 aromatic rings. The van der Waals surface area contributed by atoms with Crippen molar-refractivity contribution in [2.75, 3.05) is 14.2 Å². The van der Waals surface area contributed by atoms with Crippen molar-refractivity contribution in [1.82, 2.24) is 0 Å². The van der Waals surface area contributed by atoms with Gasteiger partial charge in [-0.25, -0.2) is 0 Å². The topological polar surface area (TPSA) is 35.5 Å². The molecule has 1 aromatic carbocycles. The third-order valence-corrected chi connectivity index (χ3v) is 2.68. The van der Waals surface area contributed by atoms with Crippen LogP contribution in [0.1, 0.15) is 15.9 Å². The zero-order valence-corrected chi connectivity index (χ0v) is 9.84. The third-order valence-electron chi connectivity index (χ3n) is 2.03. The van der Waals surface area contributed by atoms with Crippen LogP contribution >= 0.6 is 15.9 Å². The van der Waals surface area contributed by atoms with Crippen LogP contribution in [0, 0.1) is 6.92 Å². The molecule has 0 saturated heterocycles. The molecule has 14 heavy (non-hydrogen) atoms. The lowest BCUT2D eigenvalue weighted by atomic mass is 10.1. The van der Waals surface area contributed by atoms with Gasteiger partial charge >= 0.3 is 0 Å². The van der Waals surface area contributed by atoms with Gasteiger partial charge in [-0.3, -0.25) is 4.79 Å². The standard InChI is InChI=1S/C10H11BrO3/c1-6-7(5-12)8(11)4-9(13-2)10(6)14-3/h4-5H,1-3H3. The zero-order chi connectivity index (χ0) is 10.7. The van der Waals surface area contributed by atoms with Gasteiger partial charge in [-0.1, -0.05) is 0 Å². The van der Waals surface area contributed by atoms with E-state index in [-0.39, 0.29) is 0 Å². The number of hydrogen-bond donors (Lipinski definition) is 0. The van der Waals surface area contributed by atoms with Crippen molar-refractivity contribution in [3.63, 3.8) is 0 Å². The van der Waals surface area contributed by atoms with E-state index >= 15 is 0 Å². The molecule has 0 fully saturated rings. The molecule has 0 heterocycles. The highest BCUT2D eigenvalue weighted by molar-refractivity contribution is 9.10. The minimum Gasteiger partial charge on any atom is -0.493 e. The van der Waals surface area contributed by atoms with Crippen molar-refractivity contribution in [2.24, 2.45) is 0 Å². The first-order chi connectivity index (χ1) is 6.65. The fourth-order valence-electron chi connectivity index (χ4n) is 1.29. The van der Waals surface area contributed by atoms with Crippen LogP contribution in [-0.2, 0) is 0 Å². The molecule has 0 amide bonds. The summed E-state index contributed by atoms with van der Waals surface area (Å²) in [6.45, 7) is 1.82. The second-order valence-electron chi connectivity index (χ2n) is 2.75. The first kappa shape index (κ1) is 11.0. The van der Waals surface area contributed by atoms with E-state index in [1.807, 2.05) is 6.92 Å². The van der Waals surface area contributed by atoms with Crippen LogP contribution in [0.3, 0.4) is 0 Å². The molecular weight excluding hydrogens is 248 g/mol. The Morgan fingerprint density at radius 1 is 1.36 bits per heavy atom. The fourth-order valence-corrected chi connectivity index (χ4v) is 1.89. The number of carbonyl (C=O) groups excluding carboxylic acids is 1. The molecule has 0 saturated carbocycles. The molecule has 0 aromatic heterocycles. The summed E-state index contributed by atoms with van der Waals surface area (Å²) in [6, 6.07) is 1.72. The maximum absolute atomic E-state index is 10.8. The van der Waals surface area contributed by atoms with Crippen molar-refractivity contribution >= 4 is 22.2 Å². The second-order valence-corrected chi connectivity index (χ2v) is 3.60. The lowest BCUT2D eigenvalue weighted by Crippen LogP contribution is -1.97. The van der Waals surface area contributed by atoms with Gasteiger partial charge in [0, 0.05) is 15.6 Å². The summed E-state index contributed by atoms with van der Waals surface area (Å²) in [6.07, 6.45) is 0.793. The summed E-state index contributed by atoms with van der Waals surface area (Å²) in [4.78, 5) is 10.8. The fraction of sp³-hybridized carbons (Fsp3) is 0.300. The molecule has 1 rings (SSSR count). The van der Waals surface area contributed by atoms with Crippen LogP contribution in [0.25, 0.3) is 0 Å². The average Bonchev–Trinajstić information content (AvgIpc) is 2.17. The monoisotopic (exact) mass is 258 g/mol. The van der Waals surface area contributed by atoms with Gasteiger partial charge in [-0.2, -0.15) is 0 Å². The van der Waals surface area contributed by atoms with E-state index < -0.39 is 0 Å². The number of carbonyl (C=O) groups is 1. The third kappa shape index (κ3) is 1.75. The highest BCUT2D eigenvalue weighted by atomic mass is 79.9. The molecular formula is C10H11BrO3. The summed E-state index contributed by atoms with van der Waals surface area (Å²) in [5.74, 6) is 1.21. The summed E-state index contributed by atoms with van der Waals surface area (Å²) < 4.78 is 11.0. The number of ether oxygens (including phenoxy) is 2. The summed E-state index contributed by atoms with van der Waals surface area (Å²) in [7, 11) is 3.11. The minimum absolute atomic E-state index is 0.586. The van der Waals surface area contributed by atoms with Crippen molar-refractivity contribution < 1.29 is 14.3 Å². The molecule has 0 spiro atoms. The molecule has 76 valence electrons. The van der Waals surface area contributed by atoms with Crippen LogP contribution < -0.4 is 9.47 Å². The molecule has 0 aliphatic heterocycles. The second kappa shape index (κ2) is 4.46. The zero-order valence-electron chi connectivity index (χ0n) is 8.26. The number of benzene rings is 1. The molecule has 0 N–H and O–H groups in total. The maximum atomic E-state index is 10.8. The number of aldehydes is 1. The van der Waals surface area contributed by atoms with Crippen LogP contribution in [0.4, 0.5) is 0 Å². The van der Waals surface area contributed by atoms with Gasteiger partial charge in [-0.15, -0.1) is 0 Å². The van der Waals surface area contributed by atoms with Gasteiger partial charge in [0.25, 0.3) is 0 Å². The molecule has 4 heteroatoms. The molecule has 0 bridgehead atoms. The average molecular weight is 259 g/mol. The predicted octanol–water partition coefficient (Wildman–Crippen LogP) is 2.59. The maximum Gasteiger partial charge on any atom is 0.164 e. The van der Waals surface area contributed by atoms with Gasteiger partial charge < -0.3 is 9.47 Å². The van der Waals surface area contributed by atoms with Crippen molar-refractivity contribution in [3.05, 3.63) is 21.7 Å². The summed E-state index contributed by atoms with van der Waals surface area (Å²) in [5, 5.41) is 0. The van der Waals surface area contributed by atoms with E-state index in [0.717, 1.165) is 11.8 Å². The molecule has 3 nitrogen and oxygen atoms in total. The van der Waals surface area contributed by atoms with Crippen molar-refractivity contribution in [3.8, 4) is 11.5 Å². The summed E-state index contributed by atoms with van der Waals surface area (Å²) in [5.41, 5.74) is 1.36. The van der Waals surface area contributed by atoms with E-state index in [2.05, 4.69) is 15.9 Å². The number of rotatable bonds is 3. The van der Waals surface area contributed by atoms with Crippen molar-refractivity contribution in [2.45, 2.75) is 6.92 Å². The number of hydrogen-bond acceptors (Lipinski definition) is 3. The highest BCUT2D eigenvalue weighted by Crippen LogP contribution is 2.36. The van der Waals surface area contributed by atoms with Crippen LogP contribution in [0.5, 0.6) is 11.5 Å².